The number of likely N-dealkylation sites (N-methyl/N-ethyl adjacent to an activating group) is 1. The van der Waals surface area contributed by atoms with Gasteiger partial charge in [-0.25, -0.2) is 4.98 Å². The molecule has 1 aliphatic rings. The SMILES string of the molecule is CN1CCCC(NCCCc2ncn[nH]2)C1. The van der Waals surface area contributed by atoms with Crippen molar-refractivity contribution in [3.8, 4) is 0 Å². The fraction of sp³-hybridized carbons (Fsp3) is 0.818. The molecule has 1 fully saturated rings. The Morgan fingerprint density at radius 1 is 1.62 bits per heavy atom. The molecule has 16 heavy (non-hydrogen) atoms. The highest BCUT2D eigenvalue weighted by atomic mass is 15.2. The van der Waals surface area contributed by atoms with Gasteiger partial charge in [-0.1, -0.05) is 0 Å². The summed E-state index contributed by atoms with van der Waals surface area (Å²) in [6, 6.07) is 0.675. The van der Waals surface area contributed by atoms with E-state index in [1.54, 1.807) is 6.33 Å². The smallest absolute Gasteiger partial charge is 0.137 e. The van der Waals surface area contributed by atoms with E-state index in [-0.39, 0.29) is 0 Å². The Morgan fingerprint density at radius 3 is 3.31 bits per heavy atom. The third-order valence-electron chi connectivity index (χ3n) is 3.11. The van der Waals surface area contributed by atoms with E-state index < -0.39 is 0 Å². The summed E-state index contributed by atoms with van der Waals surface area (Å²) in [4.78, 5) is 6.51. The Balaban J connectivity index is 1.57. The number of aromatic nitrogens is 3. The summed E-state index contributed by atoms with van der Waals surface area (Å²) >= 11 is 0. The fourth-order valence-electron chi connectivity index (χ4n) is 2.25. The maximum atomic E-state index is 4.11. The molecule has 2 N–H and O–H groups in total. The summed E-state index contributed by atoms with van der Waals surface area (Å²) in [6.07, 6.45) is 6.30. The van der Waals surface area contributed by atoms with Crippen molar-refractivity contribution in [1.82, 2.24) is 25.4 Å². The molecule has 1 unspecified atom stereocenters. The number of nitrogens with one attached hydrogen (secondary N) is 2. The first-order valence-corrected chi connectivity index (χ1v) is 6.11. The van der Waals surface area contributed by atoms with Gasteiger partial charge >= 0.3 is 0 Å². The van der Waals surface area contributed by atoms with Crippen molar-refractivity contribution >= 4 is 0 Å². The normalized spacial score (nSPS) is 22.4. The van der Waals surface area contributed by atoms with E-state index in [2.05, 4.69) is 32.4 Å². The van der Waals surface area contributed by atoms with Gasteiger partial charge in [-0.05, 0) is 39.4 Å². The highest BCUT2D eigenvalue weighted by Crippen LogP contribution is 2.07. The molecule has 1 aromatic rings. The molecule has 0 bridgehead atoms. The number of hydrogen-bond acceptors (Lipinski definition) is 4. The van der Waals surface area contributed by atoms with E-state index >= 15 is 0 Å². The lowest BCUT2D eigenvalue weighted by Crippen LogP contribution is -2.44. The van der Waals surface area contributed by atoms with Crippen LogP contribution in [0.25, 0.3) is 0 Å². The predicted molar refractivity (Wildman–Crippen MR) is 63.2 cm³/mol. The zero-order valence-electron chi connectivity index (χ0n) is 9.95. The van der Waals surface area contributed by atoms with Crippen LogP contribution in [-0.2, 0) is 6.42 Å². The Hall–Kier alpha value is -0.940. The van der Waals surface area contributed by atoms with Crippen LogP contribution in [0.15, 0.2) is 6.33 Å². The topological polar surface area (TPSA) is 56.8 Å². The number of rotatable bonds is 5. The van der Waals surface area contributed by atoms with Gasteiger partial charge < -0.3 is 10.2 Å². The van der Waals surface area contributed by atoms with Crippen LogP contribution in [0.4, 0.5) is 0 Å². The first-order valence-electron chi connectivity index (χ1n) is 6.11. The van der Waals surface area contributed by atoms with Crippen molar-refractivity contribution < 1.29 is 0 Å². The quantitative estimate of drug-likeness (QED) is 0.710. The average molecular weight is 223 g/mol. The van der Waals surface area contributed by atoms with Crippen molar-refractivity contribution in [2.75, 3.05) is 26.7 Å². The van der Waals surface area contributed by atoms with Crippen molar-refractivity contribution in [3.63, 3.8) is 0 Å². The molecule has 1 saturated heterocycles. The van der Waals surface area contributed by atoms with Crippen molar-refractivity contribution in [3.05, 3.63) is 12.2 Å². The van der Waals surface area contributed by atoms with E-state index in [0.717, 1.165) is 25.2 Å². The maximum absolute atomic E-state index is 4.11. The van der Waals surface area contributed by atoms with Crippen LogP contribution in [-0.4, -0.2) is 52.8 Å². The van der Waals surface area contributed by atoms with E-state index in [4.69, 9.17) is 0 Å². The van der Waals surface area contributed by atoms with Crippen molar-refractivity contribution in [2.45, 2.75) is 31.7 Å². The maximum Gasteiger partial charge on any atom is 0.137 e. The fourth-order valence-corrected chi connectivity index (χ4v) is 2.25. The summed E-state index contributed by atoms with van der Waals surface area (Å²) in [5.74, 6) is 0.988. The number of H-pyrrole nitrogens is 1. The van der Waals surface area contributed by atoms with Crippen LogP contribution in [0.2, 0.25) is 0 Å². The molecule has 1 aromatic heterocycles. The number of nitrogens with zero attached hydrogens (tertiary/aromatic N) is 3. The van der Waals surface area contributed by atoms with Gasteiger partial charge in [0.25, 0.3) is 0 Å². The molecule has 5 heteroatoms. The van der Waals surface area contributed by atoms with Gasteiger partial charge in [-0.3, -0.25) is 5.10 Å². The van der Waals surface area contributed by atoms with Crippen LogP contribution in [0.5, 0.6) is 0 Å². The van der Waals surface area contributed by atoms with Crippen LogP contribution in [0, 0.1) is 0 Å². The second kappa shape index (κ2) is 5.96. The Bertz CT molecular complexity index is 285. The standard InChI is InChI=1S/C11H21N5/c1-16-7-3-4-10(8-16)12-6-2-5-11-13-9-14-15-11/h9-10,12H,2-8H2,1H3,(H,13,14,15). The number of aryl methyl sites for hydroxylation is 1. The third-order valence-corrected chi connectivity index (χ3v) is 3.11. The molecule has 5 nitrogen and oxygen atoms in total. The highest BCUT2D eigenvalue weighted by Gasteiger charge is 2.15. The van der Waals surface area contributed by atoms with Gasteiger partial charge in [0.05, 0.1) is 0 Å². The van der Waals surface area contributed by atoms with Crippen LogP contribution in [0.3, 0.4) is 0 Å². The van der Waals surface area contributed by atoms with E-state index in [1.807, 2.05) is 0 Å². The molecule has 2 heterocycles. The lowest BCUT2D eigenvalue weighted by Gasteiger charge is -2.30. The Labute approximate surface area is 96.6 Å². The predicted octanol–water partition coefficient (Wildman–Crippen LogP) is 0.421. The first kappa shape index (κ1) is 11.5. The molecule has 0 amide bonds. The molecular weight excluding hydrogens is 202 g/mol. The molecule has 1 aliphatic heterocycles. The van der Waals surface area contributed by atoms with Crippen molar-refractivity contribution in [1.29, 1.82) is 0 Å². The zero-order chi connectivity index (χ0) is 11.2. The lowest BCUT2D eigenvalue weighted by molar-refractivity contribution is 0.227. The summed E-state index contributed by atoms with van der Waals surface area (Å²) in [7, 11) is 2.20. The van der Waals surface area contributed by atoms with Gasteiger partial charge in [0.2, 0.25) is 0 Å². The lowest BCUT2D eigenvalue weighted by atomic mass is 10.1. The third kappa shape index (κ3) is 3.57. The summed E-state index contributed by atoms with van der Waals surface area (Å²) in [5, 5.41) is 10.3. The molecule has 90 valence electrons. The largest absolute Gasteiger partial charge is 0.313 e. The Morgan fingerprint density at radius 2 is 2.56 bits per heavy atom. The van der Waals surface area contributed by atoms with Gasteiger partial charge in [0, 0.05) is 19.0 Å². The van der Waals surface area contributed by atoms with Crippen LogP contribution < -0.4 is 5.32 Å². The van der Waals surface area contributed by atoms with E-state index in [1.165, 1.54) is 25.9 Å². The molecule has 0 aromatic carbocycles. The zero-order valence-corrected chi connectivity index (χ0v) is 9.95. The van der Waals surface area contributed by atoms with E-state index in [0.29, 0.717) is 6.04 Å². The second-order valence-electron chi connectivity index (χ2n) is 4.59. The monoisotopic (exact) mass is 223 g/mol. The van der Waals surface area contributed by atoms with Gasteiger partial charge in [-0.15, -0.1) is 0 Å². The molecule has 0 spiro atoms. The summed E-state index contributed by atoms with van der Waals surface area (Å²) < 4.78 is 0. The molecule has 0 saturated carbocycles. The second-order valence-corrected chi connectivity index (χ2v) is 4.59. The number of likely N-dealkylation sites (tertiary alicyclic amines) is 1. The minimum Gasteiger partial charge on any atom is -0.313 e. The van der Waals surface area contributed by atoms with Gasteiger partial charge in [0.15, 0.2) is 0 Å². The molecular formula is C11H21N5. The summed E-state index contributed by atoms with van der Waals surface area (Å²) in [5.41, 5.74) is 0. The summed E-state index contributed by atoms with van der Waals surface area (Å²) in [6.45, 7) is 3.50. The molecule has 2 rings (SSSR count). The molecule has 0 aliphatic carbocycles. The highest BCUT2D eigenvalue weighted by molar-refractivity contribution is 4.81. The minimum absolute atomic E-state index is 0.675. The van der Waals surface area contributed by atoms with Gasteiger partial charge in [-0.2, -0.15) is 5.10 Å². The Kier molecular flexibility index (Phi) is 4.30. The van der Waals surface area contributed by atoms with Crippen molar-refractivity contribution in [2.24, 2.45) is 0 Å². The van der Waals surface area contributed by atoms with Crippen LogP contribution in [0.1, 0.15) is 25.1 Å². The minimum atomic E-state index is 0.675. The number of hydrogen-bond donors (Lipinski definition) is 2. The van der Waals surface area contributed by atoms with Gasteiger partial charge in [0.1, 0.15) is 12.2 Å². The van der Waals surface area contributed by atoms with Crippen LogP contribution >= 0.6 is 0 Å². The number of piperidine rings is 1. The van der Waals surface area contributed by atoms with E-state index in [9.17, 15) is 0 Å². The molecule has 0 radical (unpaired) electrons. The first-order chi connectivity index (χ1) is 7.84. The number of aromatic amines is 1. The molecule has 1 atom stereocenters. The average Bonchev–Trinajstić information content (AvgIpc) is 2.77.